The van der Waals surface area contributed by atoms with E-state index in [1.54, 1.807) is 12.4 Å². The third kappa shape index (κ3) is 7.64. The minimum atomic E-state index is -5.08. The second-order valence-electron chi connectivity index (χ2n) is 8.71. The predicted molar refractivity (Wildman–Crippen MR) is 136 cm³/mol. The van der Waals surface area contributed by atoms with E-state index in [4.69, 9.17) is 9.90 Å². The number of likely N-dealkylation sites (tertiary alicyclic amines) is 1. The maximum atomic E-state index is 15.1. The Balaban J connectivity index is 0.000000532. The maximum absolute atomic E-state index is 15.1. The normalized spacial score (nSPS) is 15.9. The first-order chi connectivity index (χ1) is 18.2. The molecule has 3 aromatic rings. The second kappa shape index (κ2) is 12.3. The number of carbonyl (C=O) groups is 1. The lowest BCUT2D eigenvalue weighted by molar-refractivity contribution is -0.192. The summed E-state index contributed by atoms with van der Waals surface area (Å²) in [5.74, 6) is -4.95. The summed E-state index contributed by atoms with van der Waals surface area (Å²) in [6, 6.07) is 12.7. The number of carboxylic acids is 1. The zero-order valence-corrected chi connectivity index (χ0v) is 22.4. The van der Waals surface area contributed by atoms with Crippen LogP contribution in [0.1, 0.15) is 17.5 Å². The number of nitrogens with one attached hydrogen (secondary N) is 1. The second-order valence-corrected chi connectivity index (χ2v) is 11.0. The van der Waals surface area contributed by atoms with E-state index in [1.165, 1.54) is 18.6 Å². The molecule has 1 aromatic heterocycles. The van der Waals surface area contributed by atoms with Crippen LogP contribution in [0.15, 0.2) is 52.7 Å². The van der Waals surface area contributed by atoms with Crippen LogP contribution in [0, 0.1) is 18.6 Å². The van der Waals surface area contributed by atoms with Gasteiger partial charge in [-0.2, -0.15) is 17.5 Å². The molecule has 2 heterocycles. The number of nitrogens with zero attached hydrogens (tertiary/aromatic N) is 3. The third-order valence-electron chi connectivity index (χ3n) is 6.01. The zero-order valence-electron chi connectivity index (χ0n) is 20.7. The molecule has 0 unspecified atom stereocenters. The minimum Gasteiger partial charge on any atom is -0.475 e. The summed E-state index contributed by atoms with van der Waals surface area (Å²) in [5.41, 5.74) is 1.65. The highest BCUT2D eigenvalue weighted by atomic mass is 32.2. The highest BCUT2D eigenvalue weighted by molar-refractivity contribution is 7.92. The van der Waals surface area contributed by atoms with Crippen LogP contribution in [0.25, 0.3) is 0 Å². The lowest BCUT2D eigenvalue weighted by Gasteiger charge is -2.29. The molecule has 4 rings (SSSR count). The first-order valence-electron chi connectivity index (χ1n) is 11.4. The van der Waals surface area contributed by atoms with Crippen molar-refractivity contribution in [2.24, 2.45) is 0 Å². The topological polar surface area (TPSA) is 103 Å². The molecule has 8 nitrogen and oxygen atoms in total. The molecule has 39 heavy (non-hydrogen) atoms. The van der Waals surface area contributed by atoms with E-state index in [0.717, 1.165) is 43.7 Å². The Morgan fingerprint density at radius 2 is 1.87 bits per heavy atom. The Labute approximate surface area is 225 Å². The third-order valence-corrected chi connectivity index (χ3v) is 7.95. The van der Waals surface area contributed by atoms with Crippen molar-refractivity contribution in [3.8, 4) is 0 Å². The number of halogens is 5. The van der Waals surface area contributed by atoms with Crippen molar-refractivity contribution < 1.29 is 40.3 Å². The van der Waals surface area contributed by atoms with Gasteiger partial charge in [0.2, 0.25) is 0 Å². The molecule has 1 atom stereocenters. The van der Waals surface area contributed by atoms with Gasteiger partial charge in [-0.1, -0.05) is 30.3 Å². The van der Waals surface area contributed by atoms with Gasteiger partial charge >= 0.3 is 12.1 Å². The zero-order chi connectivity index (χ0) is 29.0. The van der Waals surface area contributed by atoms with Gasteiger partial charge in [0.1, 0.15) is 5.82 Å². The molecule has 2 aromatic carbocycles. The molecule has 15 heteroatoms. The van der Waals surface area contributed by atoms with Gasteiger partial charge in [0.05, 0.1) is 0 Å². The van der Waals surface area contributed by atoms with E-state index in [2.05, 4.69) is 26.1 Å². The van der Waals surface area contributed by atoms with Gasteiger partial charge in [-0.25, -0.2) is 22.0 Å². The molecule has 1 aliphatic heterocycles. The average Bonchev–Trinajstić information content (AvgIpc) is 3.53. The number of aromatic nitrogens is 1. The van der Waals surface area contributed by atoms with Crippen molar-refractivity contribution in [2.45, 2.75) is 37.0 Å². The van der Waals surface area contributed by atoms with E-state index in [0.29, 0.717) is 5.69 Å². The number of hydrogen-bond donors (Lipinski definition) is 2. The van der Waals surface area contributed by atoms with Crippen LogP contribution in [0.5, 0.6) is 0 Å². The molecule has 2 N–H and O–H groups in total. The molecule has 1 aliphatic rings. The number of alkyl halides is 3. The molecule has 0 aliphatic carbocycles. The number of carboxylic acid groups (broad SMARTS) is 1. The fourth-order valence-electron chi connectivity index (χ4n) is 4.06. The maximum Gasteiger partial charge on any atom is 0.490 e. The summed E-state index contributed by atoms with van der Waals surface area (Å²) >= 11 is 1.03. The molecule has 0 radical (unpaired) electrons. The van der Waals surface area contributed by atoms with Crippen LogP contribution >= 0.6 is 11.5 Å². The summed E-state index contributed by atoms with van der Waals surface area (Å²) in [6.45, 7) is 3.91. The highest BCUT2D eigenvalue weighted by Crippen LogP contribution is 2.33. The fourth-order valence-corrected chi connectivity index (χ4v) is 5.78. The van der Waals surface area contributed by atoms with Gasteiger partial charge in [0.25, 0.3) is 10.0 Å². The number of aliphatic carboxylic acids is 1. The van der Waals surface area contributed by atoms with E-state index in [-0.39, 0.29) is 17.4 Å². The number of sulfonamides is 1. The van der Waals surface area contributed by atoms with Crippen molar-refractivity contribution in [3.63, 3.8) is 0 Å². The molecule has 0 amide bonds. The Morgan fingerprint density at radius 3 is 2.44 bits per heavy atom. The van der Waals surface area contributed by atoms with Gasteiger partial charge in [-0.15, -0.1) is 0 Å². The van der Waals surface area contributed by atoms with Crippen LogP contribution < -0.4 is 9.62 Å². The van der Waals surface area contributed by atoms with Gasteiger partial charge in [0, 0.05) is 49.4 Å². The van der Waals surface area contributed by atoms with Crippen molar-refractivity contribution in [1.82, 2.24) is 9.27 Å². The smallest absolute Gasteiger partial charge is 0.475 e. The molecule has 0 spiro atoms. The summed E-state index contributed by atoms with van der Waals surface area (Å²) in [6.07, 6.45) is -4.24. The van der Waals surface area contributed by atoms with Crippen LogP contribution in [-0.4, -0.2) is 61.1 Å². The molecule has 212 valence electrons. The first kappa shape index (κ1) is 30.2. The molecule has 1 saturated heterocycles. The predicted octanol–water partition coefficient (Wildman–Crippen LogP) is 4.87. The Kier molecular flexibility index (Phi) is 9.51. The van der Waals surface area contributed by atoms with Crippen LogP contribution in [0.3, 0.4) is 0 Å². The quantitative estimate of drug-likeness (QED) is 0.378. The monoisotopic (exact) mass is 592 g/mol. The van der Waals surface area contributed by atoms with Crippen LogP contribution in [0.2, 0.25) is 0 Å². The summed E-state index contributed by atoms with van der Waals surface area (Å²) < 4.78 is 93.0. The van der Waals surface area contributed by atoms with E-state index < -0.39 is 38.7 Å². The number of likely N-dealkylation sites (N-methyl/N-ethyl adjacent to an activating group) is 1. The molecular weight excluding hydrogens is 567 g/mol. The summed E-state index contributed by atoms with van der Waals surface area (Å²) in [7, 11) is -2.66. The molecule has 1 fully saturated rings. The van der Waals surface area contributed by atoms with Crippen molar-refractivity contribution in [1.29, 1.82) is 0 Å². The van der Waals surface area contributed by atoms with Gasteiger partial charge in [0.15, 0.2) is 16.5 Å². The van der Waals surface area contributed by atoms with Gasteiger partial charge in [-0.3, -0.25) is 9.62 Å². The average molecular weight is 593 g/mol. The standard InChI is InChI=1S/C22H24F2N4O2S2.C2HF3O2/c1-15-19(27(2)17-8-10-28(14-17)13-16-6-4-3-5-7-16)12-18(23)22(21(15)24)32(29,30)26-20-9-11-31-25-20;3-2(4,5)1(6)7/h3-7,9,11-12,17H,8,10,13-14H2,1-2H3,(H,25,26);(H,6,7)/t17-;/m0./s1. The van der Waals surface area contributed by atoms with E-state index >= 15 is 4.39 Å². The van der Waals surface area contributed by atoms with Crippen molar-refractivity contribution in [3.05, 3.63) is 70.6 Å². The number of anilines is 2. The van der Waals surface area contributed by atoms with Gasteiger partial charge in [-0.05, 0) is 42.6 Å². The Morgan fingerprint density at radius 1 is 1.23 bits per heavy atom. The lowest BCUT2D eigenvalue weighted by Crippen LogP contribution is -2.35. The van der Waals surface area contributed by atoms with Crippen LogP contribution in [0.4, 0.5) is 33.5 Å². The fraction of sp³-hybridized carbons (Fsp3) is 0.333. The largest absolute Gasteiger partial charge is 0.490 e. The Hall–Kier alpha value is -3.30. The number of rotatable bonds is 7. The van der Waals surface area contributed by atoms with E-state index in [1.807, 2.05) is 23.1 Å². The highest BCUT2D eigenvalue weighted by Gasteiger charge is 2.38. The lowest BCUT2D eigenvalue weighted by atomic mass is 10.1. The number of hydrogen-bond acceptors (Lipinski definition) is 7. The van der Waals surface area contributed by atoms with Gasteiger partial charge < -0.3 is 10.0 Å². The number of benzene rings is 2. The van der Waals surface area contributed by atoms with Crippen molar-refractivity contribution >= 4 is 39.0 Å². The molecule has 0 bridgehead atoms. The molecular formula is C24H25F5N4O4S2. The SMILES string of the molecule is Cc1c(N(C)[C@H]2CCN(Cc3ccccc3)C2)cc(F)c(S(=O)(=O)Nc2ccsn2)c1F.O=C(O)C(F)(F)F. The van der Waals surface area contributed by atoms with E-state index in [9.17, 15) is 26.0 Å². The van der Waals surface area contributed by atoms with Crippen molar-refractivity contribution in [2.75, 3.05) is 29.8 Å². The Bertz CT molecular complexity index is 1390. The first-order valence-corrected chi connectivity index (χ1v) is 13.7. The minimum absolute atomic E-state index is 0.0251. The summed E-state index contributed by atoms with van der Waals surface area (Å²) in [5, 5.41) is 8.69. The van der Waals surface area contributed by atoms with Crippen LogP contribution in [-0.2, 0) is 21.4 Å². The summed E-state index contributed by atoms with van der Waals surface area (Å²) in [4.78, 5) is 12.1. The molecule has 0 saturated carbocycles.